The quantitative estimate of drug-likeness (QED) is 0.568. The van der Waals surface area contributed by atoms with Gasteiger partial charge in [-0.05, 0) is 48.9 Å². The Morgan fingerprint density at radius 2 is 1.50 bits per heavy atom. The van der Waals surface area contributed by atoms with Gasteiger partial charge in [0.25, 0.3) is 5.91 Å². The van der Waals surface area contributed by atoms with Gasteiger partial charge in [0.05, 0.1) is 0 Å². The maximum atomic E-state index is 12.2. The van der Waals surface area contributed by atoms with Gasteiger partial charge >= 0.3 is 5.97 Å². The summed E-state index contributed by atoms with van der Waals surface area (Å²) >= 11 is 0. The van der Waals surface area contributed by atoms with Crippen LogP contribution in [0.25, 0.3) is 0 Å². The minimum absolute atomic E-state index is 0.0836. The highest BCUT2D eigenvalue weighted by atomic mass is 16.5. The first-order valence-electron chi connectivity index (χ1n) is 10.4. The Bertz CT molecular complexity index is 870. The molecule has 0 fully saturated rings. The van der Waals surface area contributed by atoms with Gasteiger partial charge in [0.1, 0.15) is 0 Å². The van der Waals surface area contributed by atoms with E-state index >= 15 is 0 Å². The molecule has 0 heterocycles. The number of hydrogen-bond acceptors (Lipinski definition) is 4. The second kappa shape index (κ2) is 11.8. The monoisotopic (exact) mass is 410 g/mol. The summed E-state index contributed by atoms with van der Waals surface area (Å²) in [5.74, 6) is -1.01. The molecule has 0 saturated carbocycles. The smallest absolute Gasteiger partial charge is 0.306 e. The third-order valence-electron chi connectivity index (χ3n) is 4.83. The summed E-state index contributed by atoms with van der Waals surface area (Å²) in [5.41, 5.74) is 4.64. The molecule has 0 unspecified atom stereocenters. The lowest BCUT2D eigenvalue weighted by atomic mass is 10.0. The predicted octanol–water partition coefficient (Wildman–Crippen LogP) is 4.41. The zero-order valence-corrected chi connectivity index (χ0v) is 17.9. The number of aryl methyl sites for hydroxylation is 3. The molecule has 0 radical (unpaired) electrons. The number of para-hydroxylation sites is 2. The van der Waals surface area contributed by atoms with Gasteiger partial charge in [0.2, 0.25) is 5.91 Å². The maximum Gasteiger partial charge on any atom is 0.306 e. The van der Waals surface area contributed by atoms with Gasteiger partial charge in [-0.25, -0.2) is 0 Å². The molecule has 0 bridgehead atoms. The zero-order valence-electron chi connectivity index (χ0n) is 17.9. The van der Waals surface area contributed by atoms with E-state index in [4.69, 9.17) is 4.74 Å². The van der Waals surface area contributed by atoms with Crippen LogP contribution in [0, 0.1) is 6.92 Å². The number of ether oxygens (including phenoxy) is 1. The molecule has 0 aliphatic rings. The van der Waals surface area contributed by atoms with E-state index in [0.717, 1.165) is 40.9 Å². The third kappa shape index (κ3) is 7.03. The van der Waals surface area contributed by atoms with Gasteiger partial charge in [0, 0.05) is 24.2 Å². The number of nitrogens with one attached hydrogen (secondary N) is 2. The lowest BCUT2D eigenvalue weighted by molar-refractivity contribution is -0.147. The summed E-state index contributed by atoms with van der Waals surface area (Å²) in [6.45, 7) is 5.63. The fourth-order valence-electron chi connectivity index (χ4n) is 3.12. The molecular formula is C24H30N2O4. The van der Waals surface area contributed by atoms with Crippen LogP contribution in [0.3, 0.4) is 0 Å². The molecule has 2 amide bonds. The van der Waals surface area contributed by atoms with Crippen LogP contribution < -0.4 is 10.6 Å². The summed E-state index contributed by atoms with van der Waals surface area (Å²) < 4.78 is 5.06. The average Bonchev–Trinajstić information content (AvgIpc) is 2.74. The summed E-state index contributed by atoms with van der Waals surface area (Å²) in [4.78, 5) is 36.1. The molecule has 2 aromatic carbocycles. The van der Waals surface area contributed by atoms with E-state index in [2.05, 4.69) is 10.6 Å². The van der Waals surface area contributed by atoms with Crippen LogP contribution >= 0.6 is 0 Å². The maximum absolute atomic E-state index is 12.2. The van der Waals surface area contributed by atoms with Gasteiger partial charge in [-0.3, -0.25) is 14.4 Å². The molecule has 0 aliphatic carbocycles. The standard InChI is InChI=1S/C24H30N2O4/c1-4-18-11-8-12-19(5-2)24(18)26-22(28)16-30-23(29)15-9-14-21(27)25-20-13-7-6-10-17(20)3/h6-8,10-13H,4-5,9,14-16H2,1-3H3,(H,25,27)(H,26,28). The molecule has 160 valence electrons. The van der Waals surface area contributed by atoms with Gasteiger partial charge < -0.3 is 15.4 Å². The zero-order chi connectivity index (χ0) is 21.9. The van der Waals surface area contributed by atoms with Crippen molar-refractivity contribution >= 4 is 29.2 Å². The Kier molecular flexibility index (Phi) is 9.06. The highest BCUT2D eigenvalue weighted by Gasteiger charge is 2.13. The topological polar surface area (TPSA) is 84.5 Å². The summed E-state index contributed by atoms with van der Waals surface area (Å²) in [5, 5.41) is 5.69. The molecule has 2 aromatic rings. The number of hydrogen-bond donors (Lipinski definition) is 2. The predicted molar refractivity (Wildman–Crippen MR) is 118 cm³/mol. The van der Waals surface area contributed by atoms with E-state index in [1.165, 1.54) is 0 Å². The molecule has 0 saturated heterocycles. The summed E-state index contributed by atoms with van der Waals surface area (Å²) in [6.07, 6.45) is 2.25. The van der Waals surface area contributed by atoms with Gasteiger partial charge in [-0.2, -0.15) is 0 Å². The van der Waals surface area contributed by atoms with Gasteiger partial charge in [-0.15, -0.1) is 0 Å². The van der Waals surface area contributed by atoms with Crippen molar-refractivity contribution in [3.05, 3.63) is 59.2 Å². The summed E-state index contributed by atoms with van der Waals surface area (Å²) in [6, 6.07) is 13.4. The van der Waals surface area contributed by atoms with Crippen molar-refractivity contribution in [3.8, 4) is 0 Å². The van der Waals surface area contributed by atoms with Crippen LogP contribution in [0.4, 0.5) is 11.4 Å². The van der Waals surface area contributed by atoms with Crippen molar-refractivity contribution in [2.45, 2.75) is 52.9 Å². The van der Waals surface area contributed by atoms with E-state index < -0.39 is 5.97 Å². The number of amides is 2. The lowest BCUT2D eigenvalue weighted by Gasteiger charge is -2.14. The van der Waals surface area contributed by atoms with Crippen LogP contribution in [0.5, 0.6) is 0 Å². The minimum Gasteiger partial charge on any atom is -0.456 e. The van der Waals surface area contributed by atoms with Crippen molar-refractivity contribution in [1.29, 1.82) is 0 Å². The molecule has 6 nitrogen and oxygen atoms in total. The van der Waals surface area contributed by atoms with Crippen LogP contribution in [-0.4, -0.2) is 24.4 Å². The van der Waals surface area contributed by atoms with E-state index in [9.17, 15) is 14.4 Å². The largest absolute Gasteiger partial charge is 0.456 e. The average molecular weight is 411 g/mol. The Morgan fingerprint density at radius 3 is 2.13 bits per heavy atom. The molecule has 6 heteroatoms. The molecule has 0 atom stereocenters. The first kappa shape index (κ1) is 23.1. The van der Waals surface area contributed by atoms with Crippen molar-refractivity contribution in [2.24, 2.45) is 0 Å². The number of benzene rings is 2. The Balaban J connectivity index is 1.73. The fourth-order valence-corrected chi connectivity index (χ4v) is 3.12. The number of esters is 1. The number of carbonyl (C=O) groups excluding carboxylic acids is 3. The molecule has 0 aliphatic heterocycles. The van der Waals surface area contributed by atoms with E-state index in [1.54, 1.807) is 0 Å². The highest BCUT2D eigenvalue weighted by molar-refractivity contribution is 5.94. The number of rotatable bonds is 10. The molecule has 30 heavy (non-hydrogen) atoms. The normalized spacial score (nSPS) is 10.4. The van der Waals surface area contributed by atoms with Crippen LogP contribution in [0.15, 0.2) is 42.5 Å². The minimum atomic E-state index is -0.492. The van der Waals surface area contributed by atoms with E-state index in [1.807, 2.05) is 63.2 Å². The second-order valence-corrected chi connectivity index (χ2v) is 7.08. The highest BCUT2D eigenvalue weighted by Crippen LogP contribution is 2.22. The lowest BCUT2D eigenvalue weighted by Crippen LogP contribution is -2.22. The molecular weight excluding hydrogens is 380 g/mol. The fraction of sp³-hybridized carbons (Fsp3) is 0.375. The van der Waals surface area contributed by atoms with Crippen LogP contribution in [0.1, 0.15) is 49.8 Å². The van der Waals surface area contributed by atoms with Gasteiger partial charge in [0.15, 0.2) is 6.61 Å². The van der Waals surface area contributed by atoms with Crippen molar-refractivity contribution < 1.29 is 19.1 Å². The van der Waals surface area contributed by atoms with Crippen molar-refractivity contribution in [2.75, 3.05) is 17.2 Å². The molecule has 2 rings (SSSR count). The first-order chi connectivity index (χ1) is 14.4. The van der Waals surface area contributed by atoms with E-state index in [-0.39, 0.29) is 31.3 Å². The van der Waals surface area contributed by atoms with Crippen molar-refractivity contribution in [1.82, 2.24) is 0 Å². The second-order valence-electron chi connectivity index (χ2n) is 7.08. The van der Waals surface area contributed by atoms with Gasteiger partial charge in [-0.1, -0.05) is 50.2 Å². The third-order valence-corrected chi connectivity index (χ3v) is 4.83. The molecule has 0 spiro atoms. The van der Waals surface area contributed by atoms with Crippen LogP contribution in [0.2, 0.25) is 0 Å². The van der Waals surface area contributed by atoms with E-state index in [0.29, 0.717) is 6.42 Å². The Morgan fingerprint density at radius 1 is 0.833 bits per heavy atom. The Labute approximate surface area is 178 Å². The number of carbonyl (C=O) groups is 3. The number of anilines is 2. The first-order valence-corrected chi connectivity index (χ1v) is 10.4. The Hall–Kier alpha value is -3.15. The van der Waals surface area contributed by atoms with Crippen LogP contribution in [-0.2, 0) is 32.0 Å². The SMILES string of the molecule is CCc1cccc(CC)c1NC(=O)COC(=O)CCCC(=O)Nc1ccccc1C. The van der Waals surface area contributed by atoms with Crippen molar-refractivity contribution in [3.63, 3.8) is 0 Å². The molecule has 0 aromatic heterocycles. The molecule has 2 N–H and O–H groups in total. The summed E-state index contributed by atoms with van der Waals surface area (Å²) in [7, 11) is 0.